The Labute approximate surface area is 164 Å². The number of hydrazine groups is 1. The van der Waals surface area contributed by atoms with Crippen LogP contribution < -0.4 is 25.6 Å². The summed E-state index contributed by atoms with van der Waals surface area (Å²) in [6, 6.07) is 13.8. The minimum Gasteiger partial charge on any atom is -0.496 e. The van der Waals surface area contributed by atoms with Gasteiger partial charge in [-0.15, -0.1) is 0 Å². The van der Waals surface area contributed by atoms with Crippen molar-refractivity contribution in [2.24, 2.45) is 0 Å². The van der Waals surface area contributed by atoms with Gasteiger partial charge in [0.2, 0.25) is 0 Å². The Morgan fingerprint density at radius 3 is 2.50 bits per heavy atom. The van der Waals surface area contributed by atoms with Crippen LogP contribution in [-0.4, -0.2) is 30.6 Å². The van der Waals surface area contributed by atoms with Crippen molar-refractivity contribution in [3.8, 4) is 11.5 Å². The van der Waals surface area contributed by atoms with E-state index in [1.165, 1.54) is 7.11 Å². The van der Waals surface area contributed by atoms with Gasteiger partial charge in [-0.3, -0.25) is 25.8 Å². The summed E-state index contributed by atoms with van der Waals surface area (Å²) < 4.78 is 11.0. The summed E-state index contributed by atoms with van der Waals surface area (Å²) in [5, 5.41) is 2.35. The fraction of sp³-hybridized carbons (Fsp3) is 0.118. The molecule has 0 fully saturated rings. The fourth-order valence-electron chi connectivity index (χ4n) is 1.85. The monoisotopic (exact) mass is 437 g/mol. The number of ether oxygens (including phenoxy) is 2. The van der Waals surface area contributed by atoms with Gasteiger partial charge < -0.3 is 9.47 Å². The van der Waals surface area contributed by atoms with Crippen LogP contribution >= 0.6 is 28.1 Å². The van der Waals surface area contributed by atoms with E-state index in [0.29, 0.717) is 21.5 Å². The van der Waals surface area contributed by atoms with E-state index in [1.54, 1.807) is 42.5 Å². The molecule has 2 rings (SSSR count). The number of carbonyl (C=O) groups is 2. The van der Waals surface area contributed by atoms with Gasteiger partial charge in [0, 0.05) is 5.56 Å². The van der Waals surface area contributed by atoms with Gasteiger partial charge in [0.05, 0.1) is 11.6 Å². The van der Waals surface area contributed by atoms with Gasteiger partial charge in [-0.25, -0.2) is 0 Å². The number of hydrogen-bond acceptors (Lipinski definition) is 5. The summed E-state index contributed by atoms with van der Waals surface area (Å²) in [6.45, 7) is -0.203. The molecular weight excluding hydrogens is 422 g/mol. The molecule has 0 aliphatic heterocycles. The average Bonchev–Trinajstić information content (AvgIpc) is 2.65. The maximum Gasteiger partial charge on any atom is 0.269 e. The van der Waals surface area contributed by atoms with Crippen molar-refractivity contribution >= 4 is 45.1 Å². The Bertz CT molecular complexity index is 802. The minimum absolute atomic E-state index is 0.0485. The molecule has 136 valence electrons. The topological polar surface area (TPSA) is 88.7 Å². The lowest BCUT2D eigenvalue weighted by Gasteiger charge is -2.12. The van der Waals surface area contributed by atoms with Crippen LogP contribution in [0.4, 0.5) is 0 Å². The Balaban J connectivity index is 1.76. The first-order valence-corrected chi connectivity index (χ1v) is 8.61. The highest BCUT2D eigenvalue weighted by Gasteiger charge is 2.10. The van der Waals surface area contributed by atoms with Crippen LogP contribution in [0.25, 0.3) is 0 Å². The number of halogens is 1. The molecule has 0 saturated carbocycles. The van der Waals surface area contributed by atoms with Crippen molar-refractivity contribution in [3.63, 3.8) is 0 Å². The van der Waals surface area contributed by atoms with Crippen molar-refractivity contribution in [3.05, 3.63) is 58.6 Å². The minimum atomic E-state index is -0.451. The second-order valence-electron chi connectivity index (χ2n) is 4.91. The molecule has 2 aromatic carbocycles. The highest BCUT2D eigenvalue weighted by Crippen LogP contribution is 2.25. The fourth-order valence-corrected chi connectivity index (χ4v) is 2.56. The van der Waals surface area contributed by atoms with Gasteiger partial charge in [-0.2, -0.15) is 0 Å². The van der Waals surface area contributed by atoms with E-state index in [0.717, 1.165) is 0 Å². The zero-order valence-electron chi connectivity index (χ0n) is 13.7. The predicted octanol–water partition coefficient (Wildman–Crippen LogP) is 2.17. The molecule has 3 N–H and O–H groups in total. The molecule has 7 nitrogen and oxygen atoms in total. The van der Waals surface area contributed by atoms with Crippen molar-refractivity contribution in [1.82, 2.24) is 16.2 Å². The average molecular weight is 438 g/mol. The molecule has 0 atom stereocenters. The molecule has 26 heavy (non-hydrogen) atoms. The summed E-state index contributed by atoms with van der Waals surface area (Å²) in [6.07, 6.45) is 0. The normalized spacial score (nSPS) is 9.77. The largest absolute Gasteiger partial charge is 0.496 e. The molecular formula is C17H16BrN3O4S. The molecule has 0 aliphatic carbocycles. The van der Waals surface area contributed by atoms with E-state index in [-0.39, 0.29) is 11.7 Å². The summed E-state index contributed by atoms with van der Waals surface area (Å²) in [5.74, 6) is 0.300. The van der Waals surface area contributed by atoms with Crippen LogP contribution in [0.5, 0.6) is 11.5 Å². The van der Waals surface area contributed by atoms with Crippen LogP contribution in [0.3, 0.4) is 0 Å². The van der Waals surface area contributed by atoms with E-state index < -0.39 is 11.8 Å². The second kappa shape index (κ2) is 9.73. The first kappa shape index (κ1) is 19.7. The third-order valence-electron chi connectivity index (χ3n) is 3.07. The van der Waals surface area contributed by atoms with Crippen molar-refractivity contribution < 1.29 is 19.1 Å². The highest BCUT2D eigenvalue weighted by molar-refractivity contribution is 9.10. The third kappa shape index (κ3) is 6.01. The van der Waals surface area contributed by atoms with E-state index in [2.05, 4.69) is 32.1 Å². The number of rotatable bonds is 5. The highest BCUT2D eigenvalue weighted by atomic mass is 79.9. The Hall–Kier alpha value is -2.65. The summed E-state index contributed by atoms with van der Waals surface area (Å²) >= 11 is 8.26. The molecule has 0 unspecified atom stereocenters. The number of benzene rings is 2. The third-order valence-corrected chi connectivity index (χ3v) is 3.89. The van der Waals surface area contributed by atoms with Gasteiger partial charge >= 0.3 is 0 Å². The number of amides is 2. The number of carbonyl (C=O) groups excluding carboxylic acids is 2. The van der Waals surface area contributed by atoms with Gasteiger partial charge in [-0.05, 0) is 58.5 Å². The van der Waals surface area contributed by atoms with Gasteiger partial charge in [0.15, 0.2) is 11.7 Å². The van der Waals surface area contributed by atoms with Crippen molar-refractivity contribution in [2.75, 3.05) is 13.7 Å². The molecule has 2 aromatic rings. The van der Waals surface area contributed by atoms with Crippen LogP contribution in [0.15, 0.2) is 53.0 Å². The zero-order valence-corrected chi connectivity index (χ0v) is 16.1. The predicted molar refractivity (Wildman–Crippen MR) is 104 cm³/mol. The Morgan fingerprint density at radius 1 is 1.12 bits per heavy atom. The molecule has 0 aromatic heterocycles. The lowest BCUT2D eigenvalue weighted by atomic mass is 10.2. The van der Waals surface area contributed by atoms with Gasteiger partial charge in [0.1, 0.15) is 11.5 Å². The van der Waals surface area contributed by atoms with Crippen LogP contribution in [-0.2, 0) is 4.79 Å². The lowest BCUT2D eigenvalue weighted by molar-refractivity contribution is -0.121. The first-order valence-electron chi connectivity index (χ1n) is 7.41. The zero-order chi connectivity index (χ0) is 18.9. The first-order chi connectivity index (χ1) is 12.5. The number of para-hydroxylation sites is 1. The number of methoxy groups -OCH3 is 1. The lowest BCUT2D eigenvalue weighted by Crippen LogP contribution is -2.49. The standard InChI is InChI=1S/C17H16BrN3O4S/c1-24-14-8-7-11(9-13(14)18)16(23)20-21-17(26)19-15(22)10-25-12-5-3-2-4-6-12/h2-9H,10H2,1H3,(H,20,23)(H2,19,21,22,26). The Morgan fingerprint density at radius 2 is 1.85 bits per heavy atom. The molecule has 2 amide bonds. The molecule has 0 spiro atoms. The SMILES string of the molecule is COc1ccc(C(=O)NNC(=S)NC(=O)COc2ccccc2)cc1Br. The van der Waals surface area contributed by atoms with Gasteiger partial charge in [-0.1, -0.05) is 18.2 Å². The number of thiocarbonyl (C=S) groups is 1. The molecule has 0 heterocycles. The molecule has 0 bridgehead atoms. The second-order valence-corrected chi connectivity index (χ2v) is 6.17. The van der Waals surface area contributed by atoms with E-state index in [1.807, 2.05) is 6.07 Å². The molecule has 0 aliphatic rings. The Kier molecular flexibility index (Phi) is 7.37. The van der Waals surface area contributed by atoms with Crippen LogP contribution in [0.1, 0.15) is 10.4 Å². The number of nitrogens with one attached hydrogen (secondary N) is 3. The maximum atomic E-state index is 12.1. The van der Waals surface area contributed by atoms with E-state index in [4.69, 9.17) is 21.7 Å². The van der Waals surface area contributed by atoms with E-state index >= 15 is 0 Å². The molecule has 0 saturated heterocycles. The summed E-state index contributed by atoms with van der Waals surface area (Å²) in [4.78, 5) is 23.8. The van der Waals surface area contributed by atoms with E-state index in [9.17, 15) is 9.59 Å². The van der Waals surface area contributed by atoms with Crippen molar-refractivity contribution in [2.45, 2.75) is 0 Å². The summed E-state index contributed by atoms with van der Waals surface area (Å²) in [7, 11) is 1.53. The summed E-state index contributed by atoms with van der Waals surface area (Å²) in [5.41, 5.74) is 5.23. The molecule has 9 heteroatoms. The maximum absolute atomic E-state index is 12.1. The molecule has 0 radical (unpaired) electrons. The van der Waals surface area contributed by atoms with Crippen LogP contribution in [0, 0.1) is 0 Å². The number of hydrogen-bond donors (Lipinski definition) is 3. The quantitative estimate of drug-likeness (QED) is 0.490. The van der Waals surface area contributed by atoms with Crippen LogP contribution in [0.2, 0.25) is 0 Å². The smallest absolute Gasteiger partial charge is 0.269 e. The van der Waals surface area contributed by atoms with Gasteiger partial charge in [0.25, 0.3) is 11.8 Å². The van der Waals surface area contributed by atoms with Crippen molar-refractivity contribution in [1.29, 1.82) is 0 Å².